The molecular formula is C3H11AlO. The molecule has 2 N–H and O–H groups in total. The first-order valence-corrected chi connectivity index (χ1v) is 3.33. The Morgan fingerprint density at radius 2 is 1.80 bits per heavy atom. The van der Waals surface area contributed by atoms with Crippen LogP contribution in [0.4, 0.5) is 0 Å². The van der Waals surface area contributed by atoms with E-state index in [9.17, 15) is 0 Å². The van der Waals surface area contributed by atoms with Crippen molar-refractivity contribution in [1.82, 2.24) is 0 Å². The van der Waals surface area contributed by atoms with Gasteiger partial charge in [0, 0.05) is 0 Å². The van der Waals surface area contributed by atoms with Crippen molar-refractivity contribution >= 4 is 16.3 Å². The number of hydrogen-bond acceptors (Lipinski definition) is 0. The Hall–Kier alpha value is 0.492. The maximum atomic E-state index is 2.22. The molecule has 1 nitrogen and oxygen atoms in total. The Morgan fingerprint density at radius 3 is 1.80 bits per heavy atom. The van der Waals surface area contributed by atoms with E-state index in [1.54, 1.807) is 0 Å². The van der Waals surface area contributed by atoms with Gasteiger partial charge in [-0.25, -0.2) is 0 Å². The van der Waals surface area contributed by atoms with Crippen LogP contribution in [-0.2, 0) is 0 Å². The molecule has 0 atom stereocenters. The minimum atomic E-state index is 0. The molecule has 0 saturated heterocycles. The van der Waals surface area contributed by atoms with Crippen LogP contribution < -0.4 is 0 Å². The third-order valence-electron chi connectivity index (χ3n) is 0.500. The lowest BCUT2D eigenvalue weighted by Crippen LogP contribution is -1.55. The molecule has 0 aromatic heterocycles. The largest absolute Gasteiger partial charge is 0.412 e. The summed E-state index contributed by atoms with van der Waals surface area (Å²) < 4.78 is 0. The SMILES string of the molecule is CC[CH2][AlH2].O. The highest BCUT2D eigenvalue weighted by molar-refractivity contribution is 6.08. The molecule has 0 bridgehead atoms. The first-order chi connectivity index (χ1) is 1.91. The Bertz CT molecular complexity index is 8.85. The topological polar surface area (TPSA) is 31.5 Å². The minimum Gasteiger partial charge on any atom is -0.412 e. The number of rotatable bonds is 1. The zero-order chi connectivity index (χ0) is 3.41. The molecule has 5 heavy (non-hydrogen) atoms. The third-order valence-corrected chi connectivity index (χ3v) is 1.50. The summed E-state index contributed by atoms with van der Waals surface area (Å²) >= 11 is 1.39. The average molecular weight is 90.1 g/mol. The highest BCUT2D eigenvalue weighted by Gasteiger charge is 1.58. The van der Waals surface area contributed by atoms with Gasteiger partial charge in [0.15, 0.2) is 0 Å². The average Bonchev–Trinajstić information content (AvgIpc) is 1.37. The van der Waals surface area contributed by atoms with Gasteiger partial charge in [-0.05, 0) is 0 Å². The zero-order valence-electron chi connectivity index (χ0n) is 3.91. The molecule has 0 aliphatic rings. The maximum absolute atomic E-state index is 2.22. The molecule has 0 saturated carbocycles. The van der Waals surface area contributed by atoms with Crippen LogP contribution in [-0.4, -0.2) is 21.8 Å². The smallest absolute Gasteiger partial charge is 0.211 e. The molecule has 32 valence electrons. The summed E-state index contributed by atoms with van der Waals surface area (Å²) in [6.07, 6.45) is 1.38. The molecule has 0 unspecified atom stereocenters. The van der Waals surface area contributed by atoms with Crippen molar-refractivity contribution in [2.24, 2.45) is 0 Å². The predicted molar refractivity (Wildman–Crippen MR) is 27.3 cm³/mol. The second kappa shape index (κ2) is 8.82. The Kier molecular flexibility index (Phi) is 16.0. The van der Waals surface area contributed by atoms with Gasteiger partial charge in [-0.1, -0.05) is 13.3 Å². The second-order valence-electron chi connectivity index (χ2n) is 1.000. The van der Waals surface area contributed by atoms with E-state index in [4.69, 9.17) is 0 Å². The lowest BCUT2D eigenvalue weighted by molar-refractivity contribution is 0.824. The highest BCUT2D eigenvalue weighted by atomic mass is 27.0. The van der Waals surface area contributed by atoms with Gasteiger partial charge in [-0.2, -0.15) is 0 Å². The van der Waals surface area contributed by atoms with E-state index in [0.717, 1.165) is 0 Å². The molecule has 0 aromatic rings. The summed E-state index contributed by atoms with van der Waals surface area (Å²) in [4.78, 5) is 0. The Balaban J connectivity index is 0. The van der Waals surface area contributed by atoms with Gasteiger partial charge in [0.1, 0.15) is 0 Å². The van der Waals surface area contributed by atoms with Crippen molar-refractivity contribution in [3.8, 4) is 0 Å². The van der Waals surface area contributed by atoms with Crippen LogP contribution in [0.2, 0.25) is 5.28 Å². The van der Waals surface area contributed by atoms with Crippen molar-refractivity contribution in [2.75, 3.05) is 0 Å². The third kappa shape index (κ3) is 12.5. The highest BCUT2D eigenvalue weighted by Crippen LogP contribution is 1.73. The lowest BCUT2D eigenvalue weighted by Gasteiger charge is -1.66. The Morgan fingerprint density at radius 1 is 1.60 bits per heavy atom. The van der Waals surface area contributed by atoms with Crippen LogP contribution in [0.3, 0.4) is 0 Å². The normalized spacial score (nSPS) is 5.80. The summed E-state index contributed by atoms with van der Waals surface area (Å²) in [7, 11) is 0. The first-order valence-electron chi connectivity index (χ1n) is 1.91. The molecule has 0 amide bonds. The second-order valence-corrected chi connectivity index (χ2v) is 2.00. The first kappa shape index (κ1) is 9.09. The van der Waals surface area contributed by atoms with E-state index in [1.807, 2.05) is 0 Å². The van der Waals surface area contributed by atoms with E-state index >= 15 is 0 Å². The summed E-state index contributed by atoms with van der Waals surface area (Å²) in [6, 6.07) is 0. The van der Waals surface area contributed by atoms with Crippen molar-refractivity contribution in [1.29, 1.82) is 0 Å². The number of hydrogen-bond donors (Lipinski definition) is 0. The van der Waals surface area contributed by atoms with Crippen LogP contribution >= 0.6 is 0 Å². The molecule has 0 aliphatic heterocycles. The van der Waals surface area contributed by atoms with Gasteiger partial charge in [-0.3, -0.25) is 0 Å². The Labute approximate surface area is 41.1 Å². The predicted octanol–water partition coefficient (Wildman–Crippen LogP) is -0.377. The standard InChI is InChI=1S/C3H7.Al.H2O.2H/c1-3-2;;;;/h1,3H2,2H3;;1H2;;. The fraction of sp³-hybridized carbons (Fsp3) is 1.00. The molecule has 2 heteroatoms. The van der Waals surface area contributed by atoms with Crippen LogP contribution in [0.1, 0.15) is 13.3 Å². The van der Waals surface area contributed by atoms with Crippen LogP contribution in [0.15, 0.2) is 0 Å². The van der Waals surface area contributed by atoms with Gasteiger partial charge in [0.05, 0.1) is 0 Å². The van der Waals surface area contributed by atoms with Gasteiger partial charge in [0.25, 0.3) is 0 Å². The van der Waals surface area contributed by atoms with Crippen molar-refractivity contribution in [3.63, 3.8) is 0 Å². The molecule has 0 heterocycles. The molecule has 0 spiro atoms. The summed E-state index contributed by atoms with van der Waals surface area (Å²) in [5.74, 6) is 0. The van der Waals surface area contributed by atoms with Crippen molar-refractivity contribution in [3.05, 3.63) is 0 Å². The maximum Gasteiger partial charge on any atom is 0.211 e. The molecule has 0 rings (SSSR count). The van der Waals surface area contributed by atoms with Crippen molar-refractivity contribution < 1.29 is 5.48 Å². The molecule has 0 aliphatic carbocycles. The zero-order valence-corrected chi connectivity index (χ0v) is 5.91. The summed E-state index contributed by atoms with van der Waals surface area (Å²) in [5.41, 5.74) is 0. The monoisotopic (exact) mass is 90.1 g/mol. The van der Waals surface area contributed by atoms with Crippen LogP contribution in [0.5, 0.6) is 0 Å². The van der Waals surface area contributed by atoms with E-state index in [-0.39, 0.29) is 5.48 Å². The fourth-order valence-corrected chi connectivity index (χ4v) is 0. The van der Waals surface area contributed by atoms with Crippen molar-refractivity contribution in [2.45, 2.75) is 18.6 Å². The van der Waals surface area contributed by atoms with E-state index in [0.29, 0.717) is 0 Å². The lowest BCUT2D eigenvalue weighted by atomic mass is 10.6. The molecule has 0 fully saturated rings. The van der Waals surface area contributed by atoms with Gasteiger partial charge in [-0.15, -0.1) is 5.28 Å². The van der Waals surface area contributed by atoms with E-state index < -0.39 is 0 Å². The van der Waals surface area contributed by atoms with Gasteiger partial charge >= 0.3 is 0 Å². The van der Waals surface area contributed by atoms with Crippen LogP contribution in [0.25, 0.3) is 0 Å². The molecule has 0 aromatic carbocycles. The molecule has 0 radical (unpaired) electrons. The van der Waals surface area contributed by atoms with Gasteiger partial charge < -0.3 is 5.48 Å². The quantitative estimate of drug-likeness (QED) is 0.393. The molecular weight excluding hydrogens is 79.0 g/mol. The summed E-state index contributed by atoms with van der Waals surface area (Å²) in [5, 5.41) is 1.46. The van der Waals surface area contributed by atoms with Gasteiger partial charge in [0.2, 0.25) is 16.3 Å². The fourth-order valence-electron chi connectivity index (χ4n) is 0. The van der Waals surface area contributed by atoms with E-state index in [1.165, 1.54) is 28.0 Å². The minimum absolute atomic E-state index is 0. The van der Waals surface area contributed by atoms with E-state index in [2.05, 4.69) is 6.92 Å². The summed E-state index contributed by atoms with van der Waals surface area (Å²) in [6.45, 7) is 2.22. The van der Waals surface area contributed by atoms with Crippen LogP contribution in [0, 0.1) is 0 Å².